The van der Waals surface area contributed by atoms with Gasteiger partial charge in [0.1, 0.15) is 11.9 Å². The zero-order chi connectivity index (χ0) is 23.4. The molecule has 1 saturated carbocycles. The van der Waals surface area contributed by atoms with Crippen molar-refractivity contribution < 1.29 is 17.9 Å². The molecule has 6 rings (SSSR count). The fourth-order valence-corrected chi connectivity index (χ4v) is 5.27. The van der Waals surface area contributed by atoms with Crippen LogP contribution in [0.25, 0.3) is 10.9 Å². The van der Waals surface area contributed by atoms with Gasteiger partial charge in [-0.3, -0.25) is 14.3 Å². The zero-order valence-electron chi connectivity index (χ0n) is 18.3. The minimum Gasteiger partial charge on any atom is -0.376 e. The number of hydrogen-bond acceptors (Lipinski definition) is 6. The number of aromatic nitrogens is 3. The Labute approximate surface area is 193 Å². The molecule has 3 aromatic rings. The summed E-state index contributed by atoms with van der Waals surface area (Å²) in [6, 6.07) is 8.61. The van der Waals surface area contributed by atoms with Gasteiger partial charge in [-0.1, -0.05) is 18.2 Å². The van der Waals surface area contributed by atoms with Crippen molar-refractivity contribution in [3.63, 3.8) is 0 Å². The van der Waals surface area contributed by atoms with Gasteiger partial charge in [0.2, 0.25) is 5.95 Å². The standard InChI is InChI=1S/C24H24F3N5O2/c25-24(26,27)20-6-8-31-22(33)10-21(29-11-19-17-9-15(17)13-34-19)30-23(31)32(20)12-14-3-1-5-18-16(14)4-2-7-28-18/h1-5,7,10,15,17,19-20,29H,6,8-9,11-13H2/t15-,17?,19+,20-/m0/s1. The topological polar surface area (TPSA) is 72.3 Å². The molecular weight excluding hydrogens is 447 g/mol. The van der Waals surface area contributed by atoms with Crippen LogP contribution in [0.1, 0.15) is 18.4 Å². The maximum absolute atomic E-state index is 14.1. The monoisotopic (exact) mass is 471 g/mol. The van der Waals surface area contributed by atoms with Crippen molar-refractivity contribution in [2.24, 2.45) is 11.8 Å². The van der Waals surface area contributed by atoms with Gasteiger partial charge < -0.3 is 15.0 Å². The van der Waals surface area contributed by atoms with Crippen molar-refractivity contribution in [2.45, 2.75) is 44.3 Å². The van der Waals surface area contributed by atoms with Gasteiger partial charge in [0.15, 0.2) is 0 Å². The van der Waals surface area contributed by atoms with E-state index in [0.29, 0.717) is 29.5 Å². The van der Waals surface area contributed by atoms with Crippen LogP contribution in [0.3, 0.4) is 0 Å². The van der Waals surface area contributed by atoms with Crippen LogP contribution in [0.4, 0.5) is 24.9 Å². The molecule has 0 amide bonds. The van der Waals surface area contributed by atoms with Crippen LogP contribution in [-0.2, 0) is 17.8 Å². The molecule has 34 heavy (non-hydrogen) atoms. The normalized spacial score (nSPS) is 25.8. The predicted octanol–water partition coefficient (Wildman–Crippen LogP) is 3.58. The molecule has 0 bridgehead atoms. The molecular formula is C24H24F3N5O2. The third-order valence-electron chi connectivity index (χ3n) is 7.17. The maximum Gasteiger partial charge on any atom is 0.408 e. The van der Waals surface area contributed by atoms with E-state index in [1.54, 1.807) is 24.4 Å². The molecule has 0 radical (unpaired) electrons. The molecule has 2 aliphatic heterocycles. The van der Waals surface area contributed by atoms with Crippen molar-refractivity contribution in [3.05, 3.63) is 58.5 Å². The molecule has 0 spiro atoms. The Morgan fingerprint density at radius 3 is 2.85 bits per heavy atom. The van der Waals surface area contributed by atoms with Gasteiger partial charge in [-0.25, -0.2) is 0 Å². The first kappa shape index (κ1) is 21.4. The molecule has 1 N–H and O–H groups in total. The fraction of sp³-hybridized carbons (Fsp3) is 0.458. The van der Waals surface area contributed by atoms with E-state index in [4.69, 9.17) is 4.74 Å². The highest BCUT2D eigenvalue weighted by Crippen LogP contribution is 2.48. The first-order valence-corrected chi connectivity index (χ1v) is 11.5. The molecule has 10 heteroatoms. The number of benzene rings is 1. The number of nitrogens with zero attached hydrogens (tertiary/aromatic N) is 4. The van der Waals surface area contributed by atoms with E-state index < -0.39 is 12.2 Å². The molecule has 7 nitrogen and oxygen atoms in total. The Hall–Kier alpha value is -3.14. The Morgan fingerprint density at radius 1 is 1.21 bits per heavy atom. The highest BCUT2D eigenvalue weighted by atomic mass is 19.4. The van der Waals surface area contributed by atoms with Gasteiger partial charge in [0.05, 0.1) is 18.2 Å². The number of fused-ring (bicyclic) bond motifs is 3. The second-order valence-corrected chi connectivity index (χ2v) is 9.30. The summed E-state index contributed by atoms with van der Waals surface area (Å²) in [5.41, 5.74) is 1.03. The molecule has 4 atom stereocenters. The molecule has 1 unspecified atom stereocenters. The third-order valence-corrected chi connectivity index (χ3v) is 7.17. The van der Waals surface area contributed by atoms with Crippen LogP contribution >= 0.6 is 0 Å². The number of anilines is 2. The summed E-state index contributed by atoms with van der Waals surface area (Å²) >= 11 is 0. The van der Waals surface area contributed by atoms with Crippen LogP contribution < -0.4 is 15.8 Å². The lowest BCUT2D eigenvalue weighted by Crippen LogP contribution is -2.52. The fourth-order valence-electron chi connectivity index (χ4n) is 5.27. The summed E-state index contributed by atoms with van der Waals surface area (Å²) in [6.07, 6.45) is -1.83. The molecule has 3 aliphatic rings. The molecule has 4 heterocycles. The predicted molar refractivity (Wildman–Crippen MR) is 121 cm³/mol. The number of rotatable bonds is 5. The molecule has 2 fully saturated rings. The van der Waals surface area contributed by atoms with Gasteiger partial charge in [-0.2, -0.15) is 18.2 Å². The average Bonchev–Trinajstić information content (AvgIpc) is 3.49. The summed E-state index contributed by atoms with van der Waals surface area (Å²) in [4.78, 5) is 22.9. The molecule has 2 aromatic heterocycles. The van der Waals surface area contributed by atoms with Crippen LogP contribution in [-0.4, -0.2) is 46.0 Å². The van der Waals surface area contributed by atoms with E-state index in [2.05, 4.69) is 15.3 Å². The smallest absolute Gasteiger partial charge is 0.376 e. The van der Waals surface area contributed by atoms with Crippen molar-refractivity contribution in [3.8, 4) is 0 Å². The van der Waals surface area contributed by atoms with Crippen molar-refractivity contribution in [2.75, 3.05) is 23.4 Å². The van der Waals surface area contributed by atoms with E-state index in [1.165, 1.54) is 15.5 Å². The number of hydrogen-bond donors (Lipinski definition) is 1. The minimum atomic E-state index is -4.46. The summed E-state index contributed by atoms with van der Waals surface area (Å²) in [6.45, 7) is 1.15. The summed E-state index contributed by atoms with van der Waals surface area (Å²) in [7, 11) is 0. The van der Waals surface area contributed by atoms with Gasteiger partial charge >= 0.3 is 6.18 Å². The van der Waals surface area contributed by atoms with Gasteiger partial charge in [0.25, 0.3) is 5.56 Å². The van der Waals surface area contributed by atoms with Crippen molar-refractivity contribution >= 4 is 22.7 Å². The van der Waals surface area contributed by atoms with Gasteiger partial charge in [-0.15, -0.1) is 0 Å². The summed E-state index contributed by atoms with van der Waals surface area (Å²) in [5, 5.41) is 3.91. The first-order chi connectivity index (χ1) is 16.4. The molecule has 1 saturated heterocycles. The minimum absolute atomic E-state index is 0.0288. The Morgan fingerprint density at radius 2 is 2.09 bits per heavy atom. The van der Waals surface area contributed by atoms with Crippen molar-refractivity contribution in [1.29, 1.82) is 0 Å². The first-order valence-electron chi connectivity index (χ1n) is 11.5. The van der Waals surface area contributed by atoms with Gasteiger partial charge in [-0.05, 0) is 42.4 Å². The van der Waals surface area contributed by atoms with Crippen molar-refractivity contribution in [1.82, 2.24) is 14.5 Å². The molecule has 1 aliphatic carbocycles. The van der Waals surface area contributed by atoms with E-state index in [9.17, 15) is 18.0 Å². The van der Waals surface area contributed by atoms with E-state index in [0.717, 1.165) is 18.4 Å². The van der Waals surface area contributed by atoms with Crippen LogP contribution in [0.5, 0.6) is 0 Å². The van der Waals surface area contributed by atoms with Crippen LogP contribution in [0, 0.1) is 11.8 Å². The number of pyridine rings is 1. The largest absolute Gasteiger partial charge is 0.408 e. The second kappa shape index (κ2) is 7.97. The van der Waals surface area contributed by atoms with E-state index >= 15 is 0 Å². The van der Waals surface area contributed by atoms with E-state index in [-0.39, 0.29) is 42.9 Å². The number of alkyl halides is 3. The SMILES string of the molecule is O=c1cc(NC[C@H]2OC[C@@H]3CC32)nc2n1CC[C@@H](C(F)(F)F)N2Cc1cccc2ncccc12. The number of nitrogens with one attached hydrogen (secondary N) is 1. The number of halogens is 3. The third kappa shape index (κ3) is 3.79. The second-order valence-electron chi connectivity index (χ2n) is 9.30. The van der Waals surface area contributed by atoms with Crippen LogP contribution in [0.2, 0.25) is 0 Å². The quantitative estimate of drug-likeness (QED) is 0.614. The highest BCUT2D eigenvalue weighted by Gasteiger charge is 2.49. The Kier molecular flexibility index (Phi) is 5.02. The zero-order valence-corrected chi connectivity index (χ0v) is 18.3. The Balaban J connectivity index is 1.36. The lowest BCUT2D eigenvalue weighted by atomic mass is 10.0. The Bertz CT molecular complexity index is 1290. The van der Waals surface area contributed by atoms with Crippen LogP contribution in [0.15, 0.2) is 47.4 Å². The molecule has 178 valence electrons. The van der Waals surface area contributed by atoms with E-state index in [1.807, 2.05) is 12.1 Å². The lowest BCUT2D eigenvalue weighted by molar-refractivity contribution is -0.153. The summed E-state index contributed by atoms with van der Waals surface area (Å²) in [5.74, 6) is 1.45. The average molecular weight is 471 g/mol. The molecule has 1 aromatic carbocycles. The lowest BCUT2D eigenvalue weighted by Gasteiger charge is -2.39. The van der Waals surface area contributed by atoms with Gasteiger partial charge in [0, 0.05) is 37.3 Å². The maximum atomic E-state index is 14.1. The highest BCUT2D eigenvalue weighted by molar-refractivity contribution is 5.82. The summed E-state index contributed by atoms with van der Waals surface area (Å²) < 4.78 is 49.4. The number of ether oxygens (including phenoxy) is 1.